The molecule has 1 aromatic carbocycles. The molecule has 0 aromatic heterocycles. The normalized spacial score (nSPS) is 10.7. The van der Waals surface area contributed by atoms with Crippen molar-refractivity contribution in [3.8, 4) is 6.07 Å². The Balaban J connectivity index is 3.88. The monoisotopic (exact) mass is 278 g/mol. The van der Waals surface area contributed by atoms with Crippen molar-refractivity contribution in [3.63, 3.8) is 0 Å². The SMILES string of the molecule is [C-]#[N+]C(=C=N)c1c(F)c(F)c(C(C#N)[N+]#[C-])c(F)c1F. The highest BCUT2D eigenvalue weighted by molar-refractivity contribution is 5.92. The minimum Gasteiger partial charge on any atom is -0.292 e. The van der Waals surface area contributed by atoms with Crippen LogP contribution in [0.1, 0.15) is 17.2 Å². The van der Waals surface area contributed by atoms with Crippen molar-refractivity contribution >= 4 is 11.6 Å². The lowest BCUT2D eigenvalue weighted by molar-refractivity contribution is 0.436. The van der Waals surface area contributed by atoms with Crippen LogP contribution in [0.5, 0.6) is 0 Å². The summed E-state index contributed by atoms with van der Waals surface area (Å²) in [5.74, 6) is -6.44. The van der Waals surface area contributed by atoms with Gasteiger partial charge in [-0.2, -0.15) is 5.26 Å². The molecule has 0 amide bonds. The molecule has 8 heteroatoms. The first-order valence-corrected chi connectivity index (χ1v) is 4.74. The molecule has 1 N–H and O–H groups in total. The van der Waals surface area contributed by atoms with E-state index in [-0.39, 0.29) is 0 Å². The van der Waals surface area contributed by atoms with Gasteiger partial charge in [-0.15, -0.1) is 0 Å². The molecule has 0 bridgehead atoms. The maximum atomic E-state index is 13.7. The highest BCUT2D eigenvalue weighted by Crippen LogP contribution is 2.33. The molecule has 0 aliphatic carbocycles. The number of rotatable bonds is 2. The van der Waals surface area contributed by atoms with E-state index in [0.717, 1.165) is 0 Å². The van der Waals surface area contributed by atoms with Gasteiger partial charge < -0.3 is 0 Å². The third-order valence-electron chi connectivity index (χ3n) is 2.29. The van der Waals surface area contributed by atoms with E-state index in [2.05, 4.69) is 9.69 Å². The molecule has 98 valence electrons. The van der Waals surface area contributed by atoms with E-state index < -0.39 is 46.1 Å². The van der Waals surface area contributed by atoms with E-state index in [1.54, 1.807) is 0 Å². The van der Waals surface area contributed by atoms with Crippen LogP contribution >= 0.6 is 0 Å². The zero-order valence-electron chi connectivity index (χ0n) is 9.43. The molecule has 4 nitrogen and oxygen atoms in total. The summed E-state index contributed by atoms with van der Waals surface area (Å²) in [5, 5.41) is 15.2. The Kier molecular flexibility index (Phi) is 4.23. The van der Waals surface area contributed by atoms with Crippen LogP contribution in [0.25, 0.3) is 15.4 Å². The van der Waals surface area contributed by atoms with Gasteiger partial charge in [0, 0.05) is 0 Å². The van der Waals surface area contributed by atoms with Crippen LogP contribution in [-0.4, -0.2) is 5.87 Å². The van der Waals surface area contributed by atoms with Crippen LogP contribution in [0, 0.1) is 53.2 Å². The quantitative estimate of drug-likeness (QED) is 0.384. The first kappa shape index (κ1) is 14.9. The summed E-state index contributed by atoms with van der Waals surface area (Å²) in [5.41, 5.74) is -3.83. The lowest BCUT2D eigenvalue weighted by Gasteiger charge is -2.09. The van der Waals surface area contributed by atoms with Crippen molar-refractivity contribution in [1.29, 1.82) is 10.7 Å². The minimum absolute atomic E-state index is 1.07. The number of hydrogen-bond acceptors (Lipinski definition) is 2. The van der Waals surface area contributed by atoms with Gasteiger partial charge in [-0.1, -0.05) is 0 Å². The smallest absolute Gasteiger partial charge is 0.292 e. The summed E-state index contributed by atoms with van der Waals surface area (Å²) >= 11 is 0. The van der Waals surface area contributed by atoms with E-state index in [1.807, 2.05) is 0 Å². The Morgan fingerprint density at radius 3 is 1.90 bits per heavy atom. The lowest BCUT2D eigenvalue weighted by Crippen LogP contribution is -2.09. The molecular formula is C12H2F4N4. The van der Waals surface area contributed by atoms with Crippen molar-refractivity contribution in [2.45, 2.75) is 6.04 Å². The molecular weight excluding hydrogens is 276 g/mol. The molecule has 0 saturated heterocycles. The fourth-order valence-electron chi connectivity index (χ4n) is 1.40. The summed E-state index contributed by atoms with van der Waals surface area (Å²) in [6.45, 7) is 13.1. The zero-order chi connectivity index (χ0) is 15.4. The van der Waals surface area contributed by atoms with Crippen LogP contribution in [0.2, 0.25) is 0 Å². The predicted octanol–water partition coefficient (Wildman–Crippen LogP) is 3.24. The van der Waals surface area contributed by atoms with Crippen molar-refractivity contribution in [2.75, 3.05) is 0 Å². The highest BCUT2D eigenvalue weighted by atomic mass is 19.2. The van der Waals surface area contributed by atoms with Crippen LogP contribution in [-0.2, 0) is 0 Å². The van der Waals surface area contributed by atoms with Gasteiger partial charge in [-0.05, 0) is 5.87 Å². The maximum Gasteiger partial charge on any atom is 0.338 e. The second-order valence-electron chi connectivity index (χ2n) is 3.29. The Morgan fingerprint density at radius 2 is 1.60 bits per heavy atom. The molecule has 0 saturated carbocycles. The summed E-state index contributed by atoms with van der Waals surface area (Å²) in [4.78, 5) is 5.08. The van der Waals surface area contributed by atoms with Crippen LogP contribution in [0.4, 0.5) is 17.6 Å². The second-order valence-corrected chi connectivity index (χ2v) is 3.29. The Bertz CT molecular complexity index is 715. The largest absolute Gasteiger partial charge is 0.338 e. The minimum atomic E-state index is -2.06. The van der Waals surface area contributed by atoms with E-state index in [1.165, 1.54) is 11.9 Å². The van der Waals surface area contributed by atoms with E-state index >= 15 is 0 Å². The first-order chi connectivity index (χ1) is 9.44. The van der Waals surface area contributed by atoms with E-state index in [4.69, 9.17) is 23.8 Å². The van der Waals surface area contributed by atoms with Gasteiger partial charge in [0.15, 0.2) is 29.3 Å². The molecule has 1 aromatic rings. The summed E-state index contributed by atoms with van der Waals surface area (Å²) in [7, 11) is 0. The fraction of sp³-hybridized carbons (Fsp3) is 0.0833. The maximum absolute atomic E-state index is 13.7. The van der Waals surface area contributed by atoms with Crippen molar-refractivity contribution in [3.05, 3.63) is 57.2 Å². The molecule has 1 atom stereocenters. The number of halogens is 4. The van der Waals surface area contributed by atoms with Crippen LogP contribution in [0.15, 0.2) is 0 Å². The molecule has 0 heterocycles. The molecule has 0 spiro atoms. The topological polar surface area (TPSA) is 56.4 Å². The van der Waals surface area contributed by atoms with Gasteiger partial charge in [-0.25, -0.2) is 29.0 Å². The van der Waals surface area contributed by atoms with E-state index in [9.17, 15) is 17.6 Å². The first-order valence-electron chi connectivity index (χ1n) is 4.74. The molecule has 1 unspecified atom stereocenters. The standard InChI is InChI=1S/C12H2F4N4/c1-19-5(3-17)7-9(13)11(15)8(6(4-18)20-2)12(16)10(7)14/h5,18H. The molecule has 0 fully saturated rings. The number of benzene rings is 1. The summed E-state index contributed by atoms with van der Waals surface area (Å²) < 4.78 is 54.7. The Morgan fingerprint density at radius 1 is 1.10 bits per heavy atom. The fourth-order valence-corrected chi connectivity index (χ4v) is 1.40. The molecule has 0 aliphatic rings. The molecule has 0 aliphatic heterocycles. The molecule has 1 rings (SSSR count). The van der Waals surface area contributed by atoms with E-state index in [0.29, 0.717) is 0 Å². The Labute approximate surface area is 110 Å². The predicted molar refractivity (Wildman–Crippen MR) is 59.0 cm³/mol. The third kappa shape index (κ3) is 2.10. The van der Waals surface area contributed by atoms with Gasteiger partial charge in [0.1, 0.15) is 5.56 Å². The van der Waals surface area contributed by atoms with Gasteiger partial charge in [0.2, 0.25) is 0 Å². The number of nitrogens with zero attached hydrogens (tertiary/aromatic N) is 3. The average molecular weight is 278 g/mol. The van der Waals surface area contributed by atoms with Gasteiger partial charge in [0.25, 0.3) is 5.70 Å². The highest BCUT2D eigenvalue weighted by Gasteiger charge is 2.34. The summed E-state index contributed by atoms with van der Waals surface area (Å²) in [6.07, 6.45) is 0. The van der Waals surface area contributed by atoms with Crippen molar-refractivity contribution < 1.29 is 17.6 Å². The molecule has 0 radical (unpaired) electrons. The van der Waals surface area contributed by atoms with Gasteiger partial charge in [0.05, 0.1) is 12.1 Å². The second kappa shape index (κ2) is 5.67. The van der Waals surface area contributed by atoms with Crippen molar-refractivity contribution in [1.82, 2.24) is 0 Å². The van der Waals surface area contributed by atoms with Gasteiger partial charge in [-0.3, -0.25) is 10.3 Å². The van der Waals surface area contributed by atoms with Crippen LogP contribution < -0.4 is 0 Å². The van der Waals surface area contributed by atoms with Gasteiger partial charge >= 0.3 is 6.04 Å². The Hall–Kier alpha value is -3.14. The number of hydrogen-bond donors (Lipinski definition) is 1. The van der Waals surface area contributed by atoms with Crippen LogP contribution in [0.3, 0.4) is 0 Å². The van der Waals surface area contributed by atoms with Crippen molar-refractivity contribution in [2.24, 2.45) is 0 Å². The molecule has 20 heavy (non-hydrogen) atoms. The third-order valence-corrected chi connectivity index (χ3v) is 2.29. The number of nitriles is 1. The zero-order valence-corrected chi connectivity index (χ0v) is 9.43. The lowest BCUT2D eigenvalue weighted by atomic mass is 10.0. The average Bonchev–Trinajstić information content (AvgIpc) is 2.46. The number of nitrogens with one attached hydrogen (secondary N) is 1. The summed E-state index contributed by atoms with van der Waals surface area (Å²) in [6, 6.07) is -0.868.